The van der Waals surface area contributed by atoms with Crippen molar-refractivity contribution in [3.63, 3.8) is 0 Å². The second-order valence-electron chi connectivity index (χ2n) is 7.48. The van der Waals surface area contributed by atoms with Crippen LogP contribution in [0, 0.1) is 11.8 Å². The molecular weight excluding hydrogens is 232 g/mol. The Morgan fingerprint density at radius 1 is 1.05 bits per heavy atom. The Hall–Kier alpha value is -0.0800. The lowest BCUT2D eigenvalue weighted by Crippen LogP contribution is -2.54. The summed E-state index contributed by atoms with van der Waals surface area (Å²) in [6.45, 7) is 8.24. The lowest BCUT2D eigenvalue weighted by Gasteiger charge is -2.46. The van der Waals surface area contributed by atoms with Crippen LogP contribution < -0.4 is 5.73 Å². The number of hydrogen-bond donors (Lipinski definition) is 1. The van der Waals surface area contributed by atoms with E-state index in [1.54, 1.807) is 0 Å². The topological polar surface area (TPSA) is 29.3 Å². The van der Waals surface area contributed by atoms with Crippen molar-refractivity contribution in [1.82, 2.24) is 4.90 Å². The number of nitrogens with two attached hydrogens (primary N) is 1. The molecule has 0 aromatic heterocycles. The third-order valence-electron chi connectivity index (χ3n) is 5.23. The van der Waals surface area contributed by atoms with Gasteiger partial charge in [-0.15, -0.1) is 0 Å². The summed E-state index contributed by atoms with van der Waals surface area (Å²) in [6.07, 6.45) is 11.3. The number of piperidine rings is 1. The van der Waals surface area contributed by atoms with Gasteiger partial charge in [0.05, 0.1) is 0 Å². The molecule has 0 aromatic carbocycles. The molecule has 1 heterocycles. The van der Waals surface area contributed by atoms with Gasteiger partial charge in [0.1, 0.15) is 0 Å². The highest BCUT2D eigenvalue weighted by Crippen LogP contribution is 2.34. The van der Waals surface area contributed by atoms with Crippen LogP contribution in [0.25, 0.3) is 0 Å². The third kappa shape index (κ3) is 4.19. The van der Waals surface area contributed by atoms with Crippen LogP contribution in [-0.2, 0) is 0 Å². The minimum absolute atomic E-state index is 0.339. The molecule has 1 saturated carbocycles. The van der Waals surface area contributed by atoms with Crippen molar-refractivity contribution in [3.8, 4) is 0 Å². The molecule has 2 rings (SSSR count). The standard InChI is InChI=1S/C17H34N2/c1-13(2)11-15-7-6-8-16(12-15)19-10-5-4-9-17(19)14(3)18/h13-17H,4-12,18H2,1-3H3. The summed E-state index contributed by atoms with van der Waals surface area (Å²) in [5, 5.41) is 0. The van der Waals surface area contributed by atoms with Crippen molar-refractivity contribution < 1.29 is 0 Å². The van der Waals surface area contributed by atoms with E-state index in [-0.39, 0.29) is 0 Å². The Labute approximate surface area is 120 Å². The zero-order valence-corrected chi connectivity index (χ0v) is 13.3. The molecule has 0 spiro atoms. The minimum atomic E-state index is 0.339. The van der Waals surface area contributed by atoms with Gasteiger partial charge in [-0.3, -0.25) is 4.90 Å². The van der Waals surface area contributed by atoms with Crippen LogP contribution in [0.3, 0.4) is 0 Å². The first-order chi connectivity index (χ1) is 9.08. The van der Waals surface area contributed by atoms with Crippen LogP contribution in [0.15, 0.2) is 0 Å². The van der Waals surface area contributed by atoms with Crippen LogP contribution >= 0.6 is 0 Å². The highest BCUT2D eigenvalue weighted by Gasteiger charge is 2.33. The molecule has 0 bridgehead atoms. The summed E-state index contributed by atoms with van der Waals surface area (Å²) in [7, 11) is 0. The summed E-state index contributed by atoms with van der Waals surface area (Å²) in [6, 6.07) is 1.82. The van der Waals surface area contributed by atoms with E-state index in [0.717, 1.165) is 17.9 Å². The molecular formula is C17H34N2. The van der Waals surface area contributed by atoms with E-state index >= 15 is 0 Å². The van der Waals surface area contributed by atoms with E-state index in [2.05, 4.69) is 25.7 Å². The Bertz CT molecular complexity index is 262. The van der Waals surface area contributed by atoms with E-state index in [1.807, 2.05) is 0 Å². The number of nitrogens with zero attached hydrogens (tertiary/aromatic N) is 1. The average Bonchev–Trinajstić information content (AvgIpc) is 2.38. The monoisotopic (exact) mass is 266 g/mol. The van der Waals surface area contributed by atoms with Crippen LogP contribution in [-0.4, -0.2) is 29.6 Å². The molecule has 112 valence electrons. The quantitative estimate of drug-likeness (QED) is 0.839. The van der Waals surface area contributed by atoms with E-state index < -0.39 is 0 Å². The molecule has 0 radical (unpaired) electrons. The van der Waals surface area contributed by atoms with Crippen molar-refractivity contribution in [2.24, 2.45) is 17.6 Å². The van der Waals surface area contributed by atoms with Crippen LogP contribution in [0.5, 0.6) is 0 Å². The number of hydrogen-bond acceptors (Lipinski definition) is 2. The largest absolute Gasteiger partial charge is 0.327 e. The van der Waals surface area contributed by atoms with Crippen molar-refractivity contribution >= 4 is 0 Å². The molecule has 2 aliphatic rings. The van der Waals surface area contributed by atoms with Crippen LogP contribution in [0.4, 0.5) is 0 Å². The molecule has 1 saturated heterocycles. The molecule has 4 unspecified atom stereocenters. The van der Waals surface area contributed by atoms with Gasteiger partial charge in [0, 0.05) is 18.1 Å². The second-order valence-corrected chi connectivity index (χ2v) is 7.48. The lowest BCUT2D eigenvalue weighted by atomic mass is 9.79. The maximum absolute atomic E-state index is 6.24. The fraction of sp³-hybridized carbons (Fsp3) is 1.00. The average molecular weight is 266 g/mol. The van der Waals surface area contributed by atoms with E-state index in [4.69, 9.17) is 5.73 Å². The van der Waals surface area contributed by atoms with Crippen molar-refractivity contribution in [2.45, 2.75) is 90.3 Å². The van der Waals surface area contributed by atoms with Gasteiger partial charge in [0.2, 0.25) is 0 Å². The van der Waals surface area contributed by atoms with Gasteiger partial charge in [-0.05, 0) is 57.4 Å². The molecule has 1 aliphatic carbocycles. The van der Waals surface area contributed by atoms with Gasteiger partial charge >= 0.3 is 0 Å². The second kappa shape index (κ2) is 7.08. The van der Waals surface area contributed by atoms with Crippen molar-refractivity contribution in [1.29, 1.82) is 0 Å². The highest BCUT2D eigenvalue weighted by atomic mass is 15.2. The number of rotatable bonds is 4. The summed E-state index contributed by atoms with van der Waals surface area (Å²) in [5.41, 5.74) is 6.24. The smallest absolute Gasteiger partial charge is 0.0247 e. The summed E-state index contributed by atoms with van der Waals surface area (Å²) >= 11 is 0. The minimum Gasteiger partial charge on any atom is -0.327 e. The molecule has 2 fully saturated rings. The first kappa shape index (κ1) is 15.3. The molecule has 0 aromatic rings. The van der Waals surface area contributed by atoms with E-state index in [0.29, 0.717) is 12.1 Å². The van der Waals surface area contributed by atoms with Gasteiger partial charge in [-0.2, -0.15) is 0 Å². The SMILES string of the molecule is CC(C)CC1CCCC(N2CCCCC2C(C)N)C1. The van der Waals surface area contributed by atoms with Crippen molar-refractivity contribution in [3.05, 3.63) is 0 Å². The molecule has 0 amide bonds. The van der Waals surface area contributed by atoms with Gasteiger partial charge in [0.15, 0.2) is 0 Å². The normalized spacial score (nSPS) is 35.5. The molecule has 19 heavy (non-hydrogen) atoms. The fourth-order valence-electron chi connectivity index (χ4n) is 4.44. The fourth-order valence-corrected chi connectivity index (χ4v) is 4.44. The van der Waals surface area contributed by atoms with Gasteiger partial charge < -0.3 is 5.73 Å². The first-order valence-corrected chi connectivity index (χ1v) is 8.59. The van der Waals surface area contributed by atoms with Gasteiger partial charge in [0.25, 0.3) is 0 Å². The summed E-state index contributed by atoms with van der Waals surface area (Å²) in [5.74, 6) is 1.82. The van der Waals surface area contributed by atoms with E-state index in [1.165, 1.54) is 57.9 Å². The Balaban J connectivity index is 1.94. The van der Waals surface area contributed by atoms with Crippen LogP contribution in [0.2, 0.25) is 0 Å². The molecule has 2 heteroatoms. The lowest BCUT2D eigenvalue weighted by molar-refractivity contribution is 0.0456. The molecule has 1 aliphatic heterocycles. The zero-order chi connectivity index (χ0) is 13.8. The van der Waals surface area contributed by atoms with E-state index in [9.17, 15) is 0 Å². The maximum atomic E-state index is 6.24. The van der Waals surface area contributed by atoms with Gasteiger partial charge in [-0.1, -0.05) is 33.1 Å². The molecule has 4 atom stereocenters. The van der Waals surface area contributed by atoms with Crippen molar-refractivity contribution in [2.75, 3.05) is 6.54 Å². The Kier molecular flexibility index (Phi) is 5.70. The third-order valence-corrected chi connectivity index (χ3v) is 5.23. The zero-order valence-electron chi connectivity index (χ0n) is 13.3. The molecule has 2 nitrogen and oxygen atoms in total. The van der Waals surface area contributed by atoms with Crippen LogP contribution in [0.1, 0.15) is 72.1 Å². The summed E-state index contributed by atoms with van der Waals surface area (Å²) in [4.78, 5) is 2.79. The van der Waals surface area contributed by atoms with Gasteiger partial charge in [-0.25, -0.2) is 0 Å². The molecule has 2 N–H and O–H groups in total. The first-order valence-electron chi connectivity index (χ1n) is 8.59. The predicted octanol–water partition coefficient (Wildman–Crippen LogP) is 3.79. The summed E-state index contributed by atoms with van der Waals surface area (Å²) < 4.78 is 0. The Morgan fingerprint density at radius 2 is 1.84 bits per heavy atom. The highest BCUT2D eigenvalue weighted by molar-refractivity contribution is 4.90. The maximum Gasteiger partial charge on any atom is 0.0247 e. The number of likely N-dealkylation sites (tertiary alicyclic amines) is 1. The predicted molar refractivity (Wildman–Crippen MR) is 83.2 cm³/mol. The Morgan fingerprint density at radius 3 is 2.53 bits per heavy atom.